The number of rotatable bonds is 3. The molecule has 1 aliphatic carbocycles. The van der Waals surface area contributed by atoms with E-state index in [4.69, 9.17) is 5.11 Å². The van der Waals surface area contributed by atoms with E-state index in [9.17, 15) is 15.0 Å². The van der Waals surface area contributed by atoms with Gasteiger partial charge in [-0.25, -0.2) is 0 Å². The average Bonchev–Trinajstić information content (AvgIpc) is 2.16. The summed E-state index contributed by atoms with van der Waals surface area (Å²) in [5, 5.41) is 30.6. The lowest BCUT2D eigenvalue weighted by molar-refractivity contribution is -0.143. The van der Waals surface area contributed by atoms with Crippen molar-refractivity contribution in [2.45, 2.75) is 32.4 Å². The smallest absolute Gasteiger partial charge is 0.313 e. The first-order valence-electron chi connectivity index (χ1n) is 5.14. The molecule has 0 bridgehead atoms. The second kappa shape index (κ2) is 5.03. The normalized spacial score (nSPS) is 28.6. The monoisotopic (exact) mass is 227 g/mol. The molecule has 0 aromatic heterocycles. The van der Waals surface area contributed by atoms with Crippen LogP contribution >= 0.6 is 0 Å². The van der Waals surface area contributed by atoms with Crippen molar-refractivity contribution < 1.29 is 20.1 Å². The van der Waals surface area contributed by atoms with Crippen LogP contribution in [0, 0.1) is 5.92 Å². The molecule has 0 aromatic carbocycles. The summed E-state index contributed by atoms with van der Waals surface area (Å²) < 4.78 is 0. The molecule has 0 heterocycles. The van der Waals surface area contributed by atoms with Crippen LogP contribution in [-0.4, -0.2) is 33.4 Å². The van der Waals surface area contributed by atoms with E-state index in [1.807, 2.05) is 0 Å². The molecule has 0 radical (unpaired) electrons. The molecule has 4 N–H and O–H groups in total. The molecule has 0 spiro atoms. The zero-order valence-electron chi connectivity index (χ0n) is 9.34. The maximum absolute atomic E-state index is 10.7. The number of carboxylic acids is 1. The van der Waals surface area contributed by atoms with Crippen LogP contribution in [0.1, 0.15) is 20.3 Å². The zero-order valence-corrected chi connectivity index (χ0v) is 9.34. The lowest BCUT2D eigenvalue weighted by Crippen LogP contribution is -2.39. The highest BCUT2D eigenvalue weighted by molar-refractivity contribution is 5.73. The highest BCUT2D eigenvalue weighted by Crippen LogP contribution is 2.19. The van der Waals surface area contributed by atoms with Crippen LogP contribution in [0.5, 0.6) is 0 Å². The number of allylic oxidation sites excluding steroid dienone is 1. The standard InChI is InChI=1S/C11H17NO4/c1-6(2)10(14)12-7-3-4-8(11(15)16)9(13)5-7/h3-4,7-9,12-14H,5H2,1-2H3,(H,15,16). The Hall–Kier alpha value is -1.49. The number of aliphatic carboxylic acids is 1. The van der Waals surface area contributed by atoms with Gasteiger partial charge in [0.05, 0.1) is 6.10 Å². The van der Waals surface area contributed by atoms with Crippen molar-refractivity contribution in [2.75, 3.05) is 0 Å². The number of hydrogen-bond acceptors (Lipinski definition) is 4. The molecule has 3 unspecified atom stereocenters. The van der Waals surface area contributed by atoms with Gasteiger partial charge in [0.1, 0.15) is 5.92 Å². The van der Waals surface area contributed by atoms with E-state index in [0.29, 0.717) is 0 Å². The Morgan fingerprint density at radius 3 is 2.38 bits per heavy atom. The summed E-state index contributed by atoms with van der Waals surface area (Å²) in [7, 11) is 0. The van der Waals surface area contributed by atoms with Gasteiger partial charge in [0, 0.05) is 6.04 Å². The van der Waals surface area contributed by atoms with E-state index in [1.165, 1.54) is 6.08 Å². The summed E-state index contributed by atoms with van der Waals surface area (Å²) in [6, 6.07) is -0.236. The Morgan fingerprint density at radius 2 is 1.94 bits per heavy atom. The molecular formula is C11H17NO4. The van der Waals surface area contributed by atoms with Crippen molar-refractivity contribution in [1.82, 2.24) is 5.32 Å². The van der Waals surface area contributed by atoms with Crippen molar-refractivity contribution >= 4 is 5.97 Å². The van der Waals surface area contributed by atoms with Gasteiger partial charge in [-0.3, -0.25) is 4.79 Å². The highest BCUT2D eigenvalue weighted by atomic mass is 16.4. The molecule has 3 atom stereocenters. The summed E-state index contributed by atoms with van der Waals surface area (Å²) >= 11 is 0. The average molecular weight is 227 g/mol. The second-order valence-corrected chi connectivity index (χ2v) is 4.15. The minimum atomic E-state index is -1.03. The quantitative estimate of drug-likeness (QED) is 0.422. The van der Waals surface area contributed by atoms with Gasteiger partial charge in [0.15, 0.2) is 5.88 Å². The molecule has 0 saturated carbocycles. The number of aliphatic hydroxyl groups is 2. The van der Waals surface area contributed by atoms with Crippen LogP contribution in [0.15, 0.2) is 23.6 Å². The van der Waals surface area contributed by atoms with E-state index in [2.05, 4.69) is 5.32 Å². The largest absolute Gasteiger partial charge is 0.495 e. The SMILES string of the molecule is CC(C)=C(O)NC1C=CC(C(=O)O)C(O)C1. The molecule has 0 aliphatic heterocycles. The van der Waals surface area contributed by atoms with E-state index < -0.39 is 18.0 Å². The number of carboxylic acid groups (broad SMARTS) is 1. The van der Waals surface area contributed by atoms with Crippen LogP contribution in [0.2, 0.25) is 0 Å². The molecular weight excluding hydrogens is 210 g/mol. The van der Waals surface area contributed by atoms with Crippen molar-refractivity contribution in [1.29, 1.82) is 0 Å². The summed E-state index contributed by atoms with van der Waals surface area (Å²) in [5.74, 6) is -1.82. The number of aliphatic hydroxyl groups excluding tert-OH is 2. The summed E-state index contributed by atoms with van der Waals surface area (Å²) in [6.07, 6.45) is 2.45. The molecule has 5 nitrogen and oxygen atoms in total. The second-order valence-electron chi connectivity index (χ2n) is 4.15. The molecule has 0 saturated heterocycles. The van der Waals surface area contributed by atoms with Gasteiger partial charge in [-0.05, 0) is 25.8 Å². The lowest BCUT2D eigenvalue weighted by atomic mass is 9.90. The topological polar surface area (TPSA) is 89.8 Å². The van der Waals surface area contributed by atoms with Gasteiger partial charge in [-0.2, -0.15) is 0 Å². The summed E-state index contributed by atoms with van der Waals surface area (Å²) in [4.78, 5) is 10.7. The number of carbonyl (C=O) groups is 1. The van der Waals surface area contributed by atoms with Crippen molar-refractivity contribution in [2.24, 2.45) is 5.92 Å². The van der Waals surface area contributed by atoms with Gasteiger partial charge in [0.25, 0.3) is 0 Å². The lowest BCUT2D eigenvalue weighted by Gasteiger charge is -2.26. The number of hydrogen-bond donors (Lipinski definition) is 4. The van der Waals surface area contributed by atoms with Crippen LogP contribution < -0.4 is 5.32 Å². The highest BCUT2D eigenvalue weighted by Gasteiger charge is 2.29. The van der Waals surface area contributed by atoms with Gasteiger partial charge < -0.3 is 20.6 Å². The summed E-state index contributed by atoms with van der Waals surface area (Å²) in [5.41, 5.74) is 0.739. The third kappa shape index (κ3) is 3.00. The van der Waals surface area contributed by atoms with Crippen LogP contribution in [0.3, 0.4) is 0 Å². The van der Waals surface area contributed by atoms with E-state index in [1.54, 1.807) is 19.9 Å². The predicted octanol–water partition coefficient (Wildman–Crippen LogP) is 0.776. The first kappa shape index (κ1) is 12.6. The Bertz CT molecular complexity index is 331. The minimum absolute atomic E-state index is 0.0654. The van der Waals surface area contributed by atoms with Crippen molar-refractivity contribution in [3.05, 3.63) is 23.6 Å². The Kier molecular flexibility index (Phi) is 3.95. The fourth-order valence-corrected chi connectivity index (χ4v) is 1.54. The maximum atomic E-state index is 10.7. The maximum Gasteiger partial charge on any atom is 0.313 e. The first-order chi connectivity index (χ1) is 7.41. The Labute approximate surface area is 94.1 Å². The first-order valence-corrected chi connectivity index (χ1v) is 5.14. The molecule has 0 amide bonds. The fraction of sp³-hybridized carbons (Fsp3) is 0.545. The van der Waals surface area contributed by atoms with Crippen LogP contribution in [0.25, 0.3) is 0 Å². The van der Waals surface area contributed by atoms with Gasteiger partial charge in [-0.1, -0.05) is 12.2 Å². The predicted molar refractivity (Wildman–Crippen MR) is 58.8 cm³/mol. The molecule has 1 rings (SSSR count). The van der Waals surface area contributed by atoms with E-state index >= 15 is 0 Å². The molecule has 0 aromatic rings. The molecule has 0 fully saturated rings. The third-order valence-electron chi connectivity index (χ3n) is 2.54. The van der Waals surface area contributed by atoms with Gasteiger partial charge >= 0.3 is 5.97 Å². The van der Waals surface area contributed by atoms with E-state index in [-0.39, 0.29) is 18.3 Å². The van der Waals surface area contributed by atoms with Gasteiger partial charge in [0.2, 0.25) is 0 Å². The fourth-order valence-electron chi connectivity index (χ4n) is 1.54. The van der Waals surface area contributed by atoms with Crippen LogP contribution in [0.4, 0.5) is 0 Å². The Balaban J connectivity index is 2.66. The van der Waals surface area contributed by atoms with Gasteiger partial charge in [-0.15, -0.1) is 0 Å². The van der Waals surface area contributed by atoms with E-state index in [0.717, 1.165) is 5.57 Å². The summed E-state index contributed by atoms with van der Waals surface area (Å²) in [6.45, 7) is 3.51. The third-order valence-corrected chi connectivity index (χ3v) is 2.54. The Morgan fingerprint density at radius 1 is 1.31 bits per heavy atom. The molecule has 5 heteroatoms. The number of nitrogens with one attached hydrogen (secondary N) is 1. The van der Waals surface area contributed by atoms with Crippen molar-refractivity contribution in [3.63, 3.8) is 0 Å². The van der Waals surface area contributed by atoms with Crippen LogP contribution in [-0.2, 0) is 4.79 Å². The molecule has 1 aliphatic rings. The zero-order chi connectivity index (χ0) is 12.3. The minimum Gasteiger partial charge on any atom is -0.495 e. The molecule has 16 heavy (non-hydrogen) atoms. The molecule has 90 valence electrons. The van der Waals surface area contributed by atoms with Crippen molar-refractivity contribution in [3.8, 4) is 0 Å².